The fourth-order valence-electron chi connectivity index (χ4n) is 5.99. The topological polar surface area (TPSA) is 104 Å². The van der Waals surface area contributed by atoms with Crippen molar-refractivity contribution in [2.24, 2.45) is 11.7 Å². The van der Waals surface area contributed by atoms with Gasteiger partial charge in [-0.3, -0.25) is 9.59 Å². The van der Waals surface area contributed by atoms with E-state index >= 15 is 0 Å². The van der Waals surface area contributed by atoms with Crippen LogP contribution in [0.5, 0.6) is 0 Å². The molecular weight excluding hydrogens is 488 g/mol. The summed E-state index contributed by atoms with van der Waals surface area (Å²) < 4.78 is 26.8. The molecule has 2 amide bonds. The molecule has 4 N–H and O–H groups in total. The van der Waals surface area contributed by atoms with Crippen molar-refractivity contribution in [3.8, 4) is 0 Å². The Hall–Kier alpha value is -3.59. The molecule has 0 spiro atoms. The molecule has 200 valence electrons. The molecule has 2 fully saturated rings. The molecule has 9 heteroatoms. The summed E-state index contributed by atoms with van der Waals surface area (Å²) in [6.07, 6.45) is 11.9. The smallest absolute Gasteiger partial charge is 0.246 e. The third-order valence-electron chi connectivity index (χ3n) is 8.00. The number of rotatable bonds is 7. The first-order chi connectivity index (χ1) is 18.4. The van der Waals surface area contributed by atoms with Gasteiger partial charge in [0, 0.05) is 49.1 Å². The van der Waals surface area contributed by atoms with E-state index < -0.39 is 17.7 Å². The summed E-state index contributed by atoms with van der Waals surface area (Å²) in [4.78, 5) is 34.4. The van der Waals surface area contributed by atoms with Gasteiger partial charge in [0.25, 0.3) is 0 Å². The molecule has 1 aliphatic carbocycles. The van der Waals surface area contributed by atoms with Crippen molar-refractivity contribution < 1.29 is 18.4 Å². The number of hydrogen-bond donors (Lipinski definition) is 3. The van der Waals surface area contributed by atoms with Crippen LogP contribution in [-0.2, 0) is 9.59 Å². The van der Waals surface area contributed by atoms with E-state index in [0.717, 1.165) is 37.4 Å². The standard InChI is InChI=1S/C29H33F2N5O2/c30-21-14-18(15-22(31)16-21)3-8-26(37)36-12-9-20(10-13-36)27(28(32)38)35-23-6-4-19(5-7-23)25-17-34-29-24(25)2-1-11-33-29/h1-3,8,11,14-17,19-20,23,27,35H,4-7,9-10,12-13H2,(H2,32,38)(H,33,34)/b8-3+. The van der Waals surface area contributed by atoms with E-state index in [-0.39, 0.29) is 23.8 Å². The predicted octanol–water partition coefficient (Wildman–Crippen LogP) is 4.26. The van der Waals surface area contributed by atoms with Crippen LogP contribution in [0.15, 0.2) is 48.8 Å². The van der Waals surface area contributed by atoms with Crippen molar-refractivity contribution in [2.45, 2.75) is 56.5 Å². The third-order valence-corrected chi connectivity index (χ3v) is 8.00. The number of H-pyrrole nitrogens is 1. The van der Waals surface area contributed by atoms with Crippen molar-refractivity contribution in [1.82, 2.24) is 20.2 Å². The summed E-state index contributed by atoms with van der Waals surface area (Å²) in [6.45, 7) is 0.996. The van der Waals surface area contributed by atoms with E-state index in [0.29, 0.717) is 37.4 Å². The number of nitrogens with zero attached hydrogens (tertiary/aromatic N) is 2. The van der Waals surface area contributed by atoms with Crippen LogP contribution in [0.25, 0.3) is 17.1 Å². The first kappa shape index (κ1) is 26.0. The molecule has 7 nitrogen and oxygen atoms in total. The second-order valence-electron chi connectivity index (χ2n) is 10.4. The summed E-state index contributed by atoms with van der Waals surface area (Å²) in [6, 6.07) is 7.00. The maximum atomic E-state index is 13.4. The number of primary amides is 1. The molecular formula is C29H33F2N5O2. The second-order valence-corrected chi connectivity index (χ2v) is 10.4. The van der Waals surface area contributed by atoms with Gasteiger partial charge >= 0.3 is 0 Å². The SMILES string of the molecule is NC(=O)C(NC1CCC(c2c[nH]c3ncccc23)CC1)C1CCN(C(=O)/C=C/c2cc(F)cc(F)c2)CC1. The Balaban J connectivity index is 1.12. The van der Waals surface area contributed by atoms with Crippen LogP contribution in [0.3, 0.4) is 0 Å². The number of aromatic amines is 1. The van der Waals surface area contributed by atoms with Crippen LogP contribution in [0.2, 0.25) is 0 Å². The maximum absolute atomic E-state index is 13.4. The molecule has 3 heterocycles. The number of nitrogens with two attached hydrogens (primary N) is 1. The zero-order valence-electron chi connectivity index (χ0n) is 21.2. The molecule has 1 saturated carbocycles. The summed E-state index contributed by atoms with van der Waals surface area (Å²) in [5, 5.41) is 4.73. The van der Waals surface area contributed by atoms with Crippen molar-refractivity contribution >= 4 is 28.9 Å². The molecule has 2 aliphatic rings. The highest BCUT2D eigenvalue weighted by Gasteiger charge is 2.34. The lowest BCUT2D eigenvalue weighted by molar-refractivity contribution is -0.128. The lowest BCUT2D eigenvalue weighted by atomic mass is 9.80. The van der Waals surface area contributed by atoms with Crippen LogP contribution in [-0.4, -0.2) is 51.9 Å². The lowest BCUT2D eigenvalue weighted by Crippen LogP contribution is -2.54. The van der Waals surface area contributed by atoms with Gasteiger partial charge in [-0.15, -0.1) is 0 Å². The molecule has 3 aromatic rings. The quantitative estimate of drug-likeness (QED) is 0.404. The number of likely N-dealkylation sites (tertiary alicyclic amines) is 1. The van der Waals surface area contributed by atoms with Gasteiger partial charge in [0.15, 0.2) is 0 Å². The number of fused-ring (bicyclic) bond motifs is 1. The minimum absolute atomic E-state index is 0.0512. The number of benzene rings is 1. The normalized spacial score (nSPS) is 21.7. The zero-order chi connectivity index (χ0) is 26.6. The van der Waals surface area contributed by atoms with Gasteiger partial charge in [-0.2, -0.15) is 0 Å². The Kier molecular flexibility index (Phi) is 7.83. The zero-order valence-corrected chi connectivity index (χ0v) is 21.2. The second kappa shape index (κ2) is 11.4. The molecule has 1 aliphatic heterocycles. The number of carbonyl (C=O) groups excluding carboxylic acids is 2. The van der Waals surface area contributed by atoms with Gasteiger partial charge in [-0.1, -0.05) is 0 Å². The number of aromatic nitrogens is 2. The van der Waals surface area contributed by atoms with Gasteiger partial charge in [0.2, 0.25) is 11.8 Å². The number of hydrogen-bond acceptors (Lipinski definition) is 4. The average molecular weight is 522 g/mol. The molecule has 1 saturated heterocycles. The summed E-state index contributed by atoms with van der Waals surface area (Å²) in [5.41, 5.74) is 8.34. The lowest BCUT2D eigenvalue weighted by Gasteiger charge is -2.38. The number of piperidine rings is 1. The molecule has 2 aromatic heterocycles. The van der Waals surface area contributed by atoms with Crippen molar-refractivity contribution in [2.75, 3.05) is 13.1 Å². The molecule has 1 unspecified atom stereocenters. The van der Waals surface area contributed by atoms with Crippen LogP contribution in [0.4, 0.5) is 8.78 Å². The molecule has 5 rings (SSSR count). The third kappa shape index (κ3) is 5.93. The van der Waals surface area contributed by atoms with E-state index in [1.54, 1.807) is 11.1 Å². The Morgan fingerprint density at radius 2 is 1.79 bits per heavy atom. The number of amides is 2. The molecule has 38 heavy (non-hydrogen) atoms. The van der Waals surface area contributed by atoms with E-state index in [4.69, 9.17) is 5.73 Å². The predicted molar refractivity (Wildman–Crippen MR) is 142 cm³/mol. The Morgan fingerprint density at radius 3 is 2.47 bits per heavy atom. The van der Waals surface area contributed by atoms with Gasteiger partial charge in [0.1, 0.15) is 17.3 Å². The number of nitrogens with one attached hydrogen (secondary N) is 2. The first-order valence-corrected chi connectivity index (χ1v) is 13.3. The maximum Gasteiger partial charge on any atom is 0.246 e. The highest BCUT2D eigenvalue weighted by molar-refractivity contribution is 5.92. The summed E-state index contributed by atoms with van der Waals surface area (Å²) >= 11 is 0. The average Bonchev–Trinajstić information content (AvgIpc) is 3.34. The Labute approximate surface area is 220 Å². The number of carbonyl (C=O) groups is 2. The van der Waals surface area contributed by atoms with Crippen LogP contribution >= 0.6 is 0 Å². The van der Waals surface area contributed by atoms with Crippen LogP contribution in [0, 0.1) is 17.6 Å². The fraction of sp³-hybridized carbons (Fsp3) is 0.414. The summed E-state index contributed by atoms with van der Waals surface area (Å²) in [5.74, 6) is -1.44. The number of halogens is 2. The molecule has 0 radical (unpaired) electrons. The Morgan fingerprint density at radius 1 is 1.08 bits per heavy atom. The summed E-state index contributed by atoms with van der Waals surface area (Å²) in [7, 11) is 0. The monoisotopic (exact) mass is 521 g/mol. The van der Waals surface area contributed by atoms with Gasteiger partial charge in [-0.05, 0) is 91.8 Å². The minimum atomic E-state index is -0.688. The van der Waals surface area contributed by atoms with Gasteiger partial charge < -0.3 is 20.9 Å². The fourth-order valence-corrected chi connectivity index (χ4v) is 5.99. The van der Waals surface area contributed by atoms with E-state index in [1.165, 1.54) is 35.2 Å². The number of pyridine rings is 1. The largest absolute Gasteiger partial charge is 0.368 e. The van der Waals surface area contributed by atoms with Crippen LogP contribution in [0.1, 0.15) is 55.6 Å². The van der Waals surface area contributed by atoms with E-state index in [1.807, 2.05) is 6.07 Å². The molecule has 0 bridgehead atoms. The van der Waals surface area contributed by atoms with Crippen molar-refractivity contribution in [3.63, 3.8) is 0 Å². The first-order valence-electron chi connectivity index (χ1n) is 13.3. The molecule has 1 aromatic carbocycles. The Bertz CT molecular complexity index is 1300. The van der Waals surface area contributed by atoms with Crippen molar-refractivity contribution in [3.05, 3.63) is 71.6 Å². The highest BCUT2D eigenvalue weighted by atomic mass is 19.1. The van der Waals surface area contributed by atoms with Crippen LogP contribution < -0.4 is 11.1 Å². The minimum Gasteiger partial charge on any atom is -0.368 e. The van der Waals surface area contributed by atoms with Gasteiger partial charge in [0.05, 0.1) is 6.04 Å². The van der Waals surface area contributed by atoms with E-state index in [2.05, 4.69) is 27.5 Å². The van der Waals surface area contributed by atoms with Crippen molar-refractivity contribution in [1.29, 1.82) is 0 Å². The highest BCUT2D eigenvalue weighted by Crippen LogP contribution is 2.36. The van der Waals surface area contributed by atoms with Gasteiger partial charge in [-0.25, -0.2) is 13.8 Å². The molecule has 1 atom stereocenters. The van der Waals surface area contributed by atoms with E-state index in [9.17, 15) is 18.4 Å².